The van der Waals surface area contributed by atoms with Crippen molar-refractivity contribution in [1.82, 2.24) is 20.4 Å². The van der Waals surface area contributed by atoms with Crippen molar-refractivity contribution in [3.63, 3.8) is 0 Å². The molecule has 1 N–H and O–H groups in total. The molecule has 8 heteroatoms. The summed E-state index contributed by atoms with van der Waals surface area (Å²) in [7, 11) is 3.66. The average Bonchev–Trinajstić information content (AvgIpc) is 3.07. The van der Waals surface area contributed by atoms with E-state index in [9.17, 15) is 0 Å². The number of hydrogen-bond donors (Lipinski definition) is 1. The lowest BCUT2D eigenvalue weighted by Crippen LogP contribution is -2.38. The van der Waals surface area contributed by atoms with Gasteiger partial charge in [-0.2, -0.15) is 4.98 Å². The van der Waals surface area contributed by atoms with Crippen molar-refractivity contribution in [3.8, 4) is 0 Å². The normalized spacial score (nSPS) is 12.9. The van der Waals surface area contributed by atoms with Gasteiger partial charge in [0.05, 0.1) is 6.54 Å². The first-order valence-corrected chi connectivity index (χ1v) is 8.52. The van der Waals surface area contributed by atoms with E-state index in [1.165, 1.54) is 0 Å². The Balaban J connectivity index is 1.93. The fourth-order valence-electron chi connectivity index (χ4n) is 2.33. The van der Waals surface area contributed by atoms with Crippen LogP contribution in [0.3, 0.4) is 0 Å². The zero-order valence-electron chi connectivity index (χ0n) is 15.0. The minimum Gasteiger partial charge on any atom is -0.371 e. The number of nitrogens with zero attached hydrogens (tertiary/aromatic N) is 4. The Labute approximate surface area is 153 Å². The topological polar surface area (TPSA) is 75.8 Å². The molecule has 1 aromatic carbocycles. The lowest BCUT2D eigenvalue weighted by molar-refractivity contribution is 0.0683. The van der Waals surface area contributed by atoms with Gasteiger partial charge in [-0.1, -0.05) is 35.0 Å². The van der Waals surface area contributed by atoms with Crippen molar-refractivity contribution in [3.05, 3.63) is 46.6 Å². The highest BCUT2D eigenvalue weighted by Crippen LogP contribution is 2.16. The average molecular weight is 366 g/mol. The third kappa shape index (κ3) is 5.44. The van der Waals surface area contributed by atoms with Gasteiger partial charge in [-0.25, -0.2) is 0 Å². The van der Waals surface area contributed by atoms with Crippen molar-refractivity contribution in [2.24, 2.45) is 4.99 Å². The van der Waals surface area contributed by atoms with Crippen molar-refractivity contribution < 1.29 is 9.26 Å². The molecule has 0 saturated carbocycles. The van der Waals surface area contributed by atoms with Crippen LogP contribution in [0, 0.1) is 0 Å². The molecule has 0 bridgehead atoms. The second-order valence-electron chi connectivity index (χ2n) is 5.49. The van der Waals surface area contributed by atoms with Gasteiger partial charge >= 0.3 is 0 Å². The summed E-state index contributed by atoms with van der Waals surface area (Å²) in [6.07, 6.45) is -0.190. The Morgan fingerprint density at radius 3 is 2.88 bits per heavy atom. The summed E-state index contributed by atoms with van der Waals surface area (Å²) in [4.78, 5) is 10.6. The molecule has 0 aliphatic heterocycles. The van der Waals surface area contributed by atoms with Crippen LogP contribution in [0.2, 0.25) is 5.02 Å². The molecular weight excluding hydrogens is 342 g/mol. The molecule has 25 heavy (non-hydrogen) atoms. The van der Waals surface area contributed by atoms with E-state index < -0.39 is 0 Å². The van der Waals surface area contributed by atoms with Gasteiger partial charge in [-0.3, -0.25) is 4.99 Å². The molecular formula is C17H24ClN5O2. The van der Waals surface area contributed by atoms with Gasteiger partial charge in [0.2, 0.25) is 5.89 Å². The molecule has 0 radical (unpaired) electrons. The lowest BCUT2D eigenvalue weighted by Gasteiger charge is -2.22. The number of rotatable bonds is 7. The van der Waals surface area contributed by atoms with Crippen LogP contribution in [-0.4, -0.2) is 41.7 Å². The third-order valence-electron chi connectivity index (χ3n) is 3.60. The monoisotopic (exact) mass is 365 g/mol. The van der Waals surface area contributed by atoms with E-state index in [1.54, 1.807) is 7.05 Å². The van der Waals surface area contributed by atoms with E-state index in [2.05, 4.69) is 20.4 Å². The molecule has 0 fully saturated rings. The maximum atomic E-state index is 6.22. The smallest absolute Gasteiger partial charge is 0.246 e. The number of nitrogens with one attached hydrogen (secondary N) is 1. The van der Waals surface area contributed by atoms with E-state index in [4.69, 9.17) is 20.9 Å². The van der Waals surface area contributed by atoms with Crippen molar-refractivity contribution in [2.45, 2.75) is 33.0 Å². The number of hydrogen-bond acceptors (Lipinski definition) is 5. The van der Waals surface area contributed by atoms with Crippen molar-refractivity contribution >= 4 is 17.6 Å². The SMILES string of the molecule is CCOC(C)c1noc(CNC(=NC)N(C)Cc2ccccc2Cl)n1. The lowest BCUT2D eigenvalue weighted by atomic mass is 10.2. The number of aliphatic imine (C=N–C) groups is 1. The molecule has 2 aromatic rings. The minimum absolute atomic E-state index is 0.190. The summed E-state index contributed by atoms with van der Waals surface area (Å²) in [6.45, 7) is 5.43. The van der Waals surface area contributed by atoms with Crippen LogP contribution in [0.4, 0.5) is 0 Å². The molecule has 0 amide bonds. The Hall–Kier alpha value is -2.12. The van der Waals surface area contributed by atoms with Gasteiger partial charge in [0.25, 0.3) is 0 Å². The van der Waals surface area contributed by atoms with Crippen LogP contribution in [0.5, 0.6) is 0 Å². The Morgan fingerprint density at radius 2 is 2.20 bits per heavy atom. The highest BCUT2D eigenvalue weighted by atomic mass is 35.5. The molecule has 0 spiro atoms. The van der Waals surface area contributed by atoms with Gasteiger partial charge < -0.3 is 19.5 Å². The minimum atomic E-state index is -0.190. The second kappa shape index (κ2) is 9.39. The summed E-state index contributed by atoms with van der Waals surface area (Å²) in [5.41, 5.74) is 1.03. The first-order chi connectivity index (χ1) is 12.0. The molecule has 7 nitrogen and oxygen atoms in total. The first kappa shape index (κ1) is 19.2. The van der Waals surface area contributed by atoms with E-state index >= 15 is 0 Å². The number of halogens is 1. The second-order valence-corrected chi connectivity index (χ2v) is 5.90. The van der Waals surface area contributed by atoms with E-state index in [0.29, 0.717) is 37.4 Å². The van der Waals surface area contributed by atoms with Gasteiger partial charge in [0.1, 0.15) is 6.10 Å². The maximum Gasteiger partial charge on any atom is 0.246 e. The number of aromatic nitrogens is 2. The largest absolute Gasteiger partial charge is 0.371 e. The fourth-order valence-corrected chi connectivity index (χ4v) is 2.52. The molecule has 1 aromatic heterocycles. The van der Waals surface area contributed by atoms with E-state index in [-0.39, 0.29) is 6.10 Å². The molecule has 1 heterocycles. The predicted octanol–water partition coefficient (Wildman–Crippen LogP) is 3.03. The van der Waals surface area contributed by atoms with Crippen molar-refractivity contribution in [2.75, 3.05) is 20.7 Å². The molecule has 2 rings (SSSR count). The highest BCUT2D eigenvalue weighted by Gasteiger charge is 2.15. The Bertz CT molecular complexity index is 704. The fraction of sp³-hybridized carbons (Fsp3) is 0.471. The van der Waals surface area contributed by atoms with Crippen LogP contribution in [0.1, 0.15) is 37.2 Å². The molecule has 0 aliphatic carbocycles. The quantitative estimate of drug-likeness (QED) is 0.600. The maximum absolute atomic E-state index is 6.22. The zero-order chi connectivity index (χ0) is 18.2. The van der Waals surface area contributed by atoms with E-state index in [1.807, 2.05) is 50.1 Å². The summed E-state index contributed by atoms with van der Waals surface area (Å²) < 4.78 is 10.7. The van der Waals surface area contributed by atoms with Crippen LogP contribution in [0.25, 0.3) is 0 Å². The van der Waals surface area contributed by atoms with Crippen LogP contribution in [-0.2, 0) is 17.8 Å². The summed E-state index contributed by atoms with van der Waals surface area (Å²) in [5.74, 6) is 1.73. The predicted molar refractivity (Wildman–Crippen MR) is 97.5 cm³/mol. The molecule has 1 atom stereocenters. The summed E-state index contributed by atoms with van der Waals surface area (Å²) >= 11 is 6.22. The molecule has 1 unspecified atom stereocenters. The molecule has 0 aliphatic rings. The van der Waals surface area contributed by atoms with E-state index in [0.717, 1.165) is 10.6 Å². The van der Waals surface area contributed by atoms with Crippen LogP contribution in [0.15, 0.2) is 33.8 Å². The van der Waals surface area contributed by atoms with Crippen LogP contribution >= 0.6 is 11.6 Å². The summed E-state index contributed by atoms with van der Waals surface area (Å²) in [5, 5.41) is 7.88. The molecule has 0 saturated heterocycles. The van der Waals surface area contributed by atoms with Gasteiger partial charge in [-0.15, -0.1) is 0 Å². The summed E-state index contributed by atoms with van der Waals surface area (Å²) in [6, 6.07) is 7.74. The number of guanidine groups is 1. The first-order valence-electron chi connectivity index (χ1n) is 8.14. The highest BCUT2D eigenvalue weighted by molar-refractivity contribution is 6.31. The number of ether oxygens (including phenoxy) is 1. The number of benzene rings is 1. The molecule has 136 valence electrons. The van der Waals surface area contributed by atoms with Crippen LogP contribution < -0.4 is 5.32 Å². The van der Waals surface area contributed by atoms with Gasteiger partial charge in [0.15, 0.2) is 11.8 Å². The third-order valence-corrected chi connectivity index (χ3v) is 3.97. The Morgan fingerprint density at radius 1 is 1.44 bits per heavy atom. The van der Waals surface area contributed by atoms with Gasteiger partial charge in [-0.05, 0) is 25.5 Å². The standard InChI is InChI=1S/C17H24ClN5O2/c1-5-24-12(2)16-21-15(25-22-16)10-20-17(19-3)23(4)11-13-8-6-7-9-14(13)18/h6-9,12H,5,10-11H2,1-4H3,(H,19,20). The zero-order valence-corrected chi connectivity index (χ0v) is 15.7. The Kier molecular flexibility index (Phi) is 7.21. The van der Waals surface area contributed by atoms with Gasteiger partial charge in [0, 0.05) is 32.3 Å². The van der Waals surface area contributed by atoms with Crippen molar-refractivity contribution in [1.29, 1.82) is 0 Å².